The van der Waals surface area contributed by atoms with Crippen molar-refractivity contribution < 1.29 is 14.3 Å². The number of halogens is 1. The Kier molecular flexibility index (Phi) is 5.53. The fourth-order valence-corrected chi connectivity index (χ4v) is 4.12. The summed E-state index contributed by atoms with van der Waals surface area (Å²) in [5.41, 5.74) is 12.1. The minimum Gasteiger partial charge on any atom is -0.478 e. The Morgan fingerprint density at radius 3 is 2.38 bits per heavy atom. The highest BCUT2D eigenvalue weighted by Crippen LogP contribution is 2.42. The van der Waals surface area contributed by atoms with Crippen molar-refractivity contribution in [3.8, 4) is 16.8 Å². The van der Waals surface area contributed by atoms with Gasteiger partial charge < -0.3 is 20.8 Å². The molecule has 0 amide bonds. The van der Waals surface area contributed by atoms with Crippen molar-refractivity contribution in [3.63, 3.8) is 0 Å². The normalized spacial score (nSPS) is 12.1. The lowest BCUT2D eigenvalue weighted by atomic mass is 9.93. The maximum absolute atomic E-state index is 13.7. The zero-order valence-electron chi connectivity index (χ0n) is 17.9. The quantitative estimate of drug-likeness (QED) is 0.251. The second-order valence-corrected chi connectivity index (χ2v) is 7.91. The van der Waals surface area contributed by atoms with E-state index in [1.54, 1.807) is 36.4 Å². The molecule has 0 aliphatic carbocycles. The summed E-state index contributed by atoms with van der Waals surface area (Å²) < 4.78 is 15.8. The van der Waals surface area contributed by atoms with Crippen LogP contribution in [0, 0.1) is 11.2 Å². The van der Waals surface area contributed by atoms with Gasteiger partial charge in [0, 0.05) is 39.8 Å². The van der Waals surface area contributed by atoms with Crippen LogP contribution in [0.5, 0.6) is 0 Å². The van der Waals surface area contributed by atoms with Gasteiger partial charge in [0.2, 0.25) is 0 Å². The van der Waals surface area contributed by atoms with Gasteiger partial charge in [-0.1, -0.05) is 26.0 Å². The molecule has 0 saturated heterocycles. The summed E-state index contributed by atoms with van der Waals surface area (Å²) in [5, 5.41) is 17.9. The van der Waals surface area contributed by atoms with Crippen LogP contribution in [0.25, 0.3) is 27.7 Å². The molecule has 0 fully saturated rings. The van der Waals surface area contributed by atoms with E-state index in [0.717, 1.165) is 39.8 Å². The highest BCUT2D eigenvalue weighted by molar-refractivity contribution is 6.04. The number of rotatable bonds is 6. The third-order valence-electron chi connectivity index (χ3n) is 5.95. The van der Waals surface area contributed by atoms with Gasteiger partial charge in [0.05, 0.1) is 11.1 Å². The molecule has 4 aromatic rings. The molecule has 0 aliphatic rings. The number of carboxylic acids is 1. The summed E-state index contributed by atoms with van der Waals surface area (Å²) in [6.45, 7) is 4.23. The third-order valence-corrected chi connectivity index (χ3v) is 5.95. The second-order valence-electron chi connectivity index (χ2n) is 7.91. The Morgan fingerprint density at radius 1 is 1.16 bits per heavy atom. The van der Waals surface area contributed by atoms with Crippen LogP contribution in [0.3, 0.4) is 0 Å². The molecule has 4 N–H and O–H groups in total. The molecule has 0 saturated carbocycles. The molecule has 0 bridgehead atoms. The molecule has 6 heteroatoms. The molecule has 162 valence electrons. The number of aromatic nitrogens is 1. The zero-order chi connectivity index (χ0) is 23.0. The second kappa shape index (κ2) is 8.30. The number of nitrogens with one attached hydrogen (secondary N) is 1. The monoisotopic (exact) mass is 429 g/mol. The summed E-state index contributed by atoms with van der Waals surface area (Å²) >= 11 is 0. The SMILES string of the molecule is CCC(C)c1c(-c2ccc(C(=O)O)cc2)c2cc(N)c(C=N)cc2n1-c1ccc(F)cc1. The first kappa shape index (κ1) is 21.3. The van der Waals surface area contributed by atoms with Gasteiger partial charge >= 0.3 is 5.97 Å². The maximum atomic E-state index is 13.7. The van der Waals surface area contributed by atoms with Gasteiger partial charge in [0.25, 0.3) is 0 Å². The Morgan fingerprint density at radius 2 is 1.81 bits per heavy atom. The van der Waals surface area contributed by atoms with Gasteiger partial charge in [0.15, 0.2) is 0 Å². The van der Waals surface area contributed by atoms with Crippen molar-refractivity contribution in [3.05, 3.63) is 83.3 Å². The Hall–Kier alpha value is -3.93. The van der Waals surface area contributed by atoms with Crippen molar-refractivity contribution in [2.75, 3.05) is 5.73 Å². The predicted octanol–water partition coefficient (Wildman–Crippen LogP) is 6.23. The number of carbonyl (C=O) groups is 1. The summed E-state index contributed by atoms with van der Waals surface area (Å²) in [5.74, 6) is -1.15. The molecule has 1 heterocycles. The number of anilines is 1. The molecular formula is C26H24FN3O2. The number of benzene rings is 3. The molecule has 32 heavy (non-hydrogen) atoms. The van der Waals surface area contributed by atoms with Crippen molar-refractivity contribution in [2.24, 2.45) is 0 Å². The van der Waals surface area contributed by atoms with E-state index >= 15 is 0 Å². The van der Waals surface area contributed by atoms with Crippen LogP contribution in [0.4, 0.5) is 10.1 Å². The third kappa shape index (κ3) is 3.54. The highest BCUT2D eigenvalue weighted by Gasteiger charge is 2.24. The van der Waals surface area contributed by atoms with Crippen molar-refractivity contribution in [1.29, 1.82) is 5.41 Å². The Labute approximate surface area is 185 Å². The molecular weight excluding hydrogens is 405 g/mol. The van der Waals surface area contributed by atoms with Crippen molar-refractivity contribution >= 4 is 28.8 Å². The number of hydrogen-bond donors (Lipinski definition) is 3. The van der Waals surface area contributed by atoms with Crippen LogP contribution < -0.4 is 5.73 Å². The van der Waals surface area contributed by atoms with E-state index in [1.807, 2.05) is 12.1 Å². The van der Waals surface area contributed by atoms with Gasteiger partial charge in [-0.3, -0.25) is 0 Å². The van der Waals surface area contributed by atoms with E-state index < -0.39 is 5.97 Å². The van der Waals surface area contributed by atoms with E-state index in [-0.39, 0.29) is 17.3 Å². The van der Waals surface area contributed by atoms with E-state index in [1.165, 1.54) is 18.3 Å². The van der Waals surface area contributed by atoms with Gasteiger partial charge in [-0.25, -0.2) is 9.18 Å². The van der Waals surface area contributed by atoms with Crippen LogP contribution in [0.1, 0.15) is 47.8 Å². The minimum absolute atomic E-state index is 0.145. The average molecular weight is 429 g/mol. The van der Waals surface area contributed by atoms with Crippen LogP contribution in [-0.4, -0.2) is 21.9 Å². The molecule has 1 unspecified atom stereocenters. The number of nitrogen functional groups attached to an aromatic ring is 1. The van der Waals surface area contributed by atoms with E-state index in [0.29, 0.717) is 11.3 Å². The first-order valence-corrected chi connectivity index (χ1v) is 10.4. The summed E-state index contributed by atoms with van der Waals surface area (Å²) in [7, 11) is 0. The van der Waals surface area contributed by atoms with E-state index in [9.17, 15) is 14.3 Å². The lowest BCUT2D eigenvalue weighted by Gasteiger charge is -2.18. The number of carboxylic acid groups (broad SMARTS) is 1. The lowest BCUT2D eigenvalue weighted by molar-refractivity contribution is 0.0697. The van der Waals surface area contributed by atoms with Crippen LogP contribution in [-0.2, 0) is 0 Å². The zero-order valence-corrected chi connectivity index (χ0v) is 17.9. The van der Waals surface area contributed by atoms with Crippen molar-refractivity contribution in [1.82, 2.24) is 4.57 Å². The van der Waals surface area contributed by atoms with Gasteiger partial charge in [0.1, 0.15) is 5.82 Å². The first-order chi connectivity index (χ1) is 15.3. The van der Waals surface area contributed by atoms with E-state index in [4.69, 9.17) is 11.1 Å². The molecule has 0 aliphatic heterocycles. The average Bonchev–Trinajstić information content (AvgIpc) is 3.12. The van der Waals surface area contributed by atoms with Gasteiger partial charge in [-0.2, -0.15) is 0 Å². The number of aromatic carboxylic acids is 1. The molecule has 1 aromatic heterocycles. The first-order valence-electron chi connectivity index (χ1n) is 10.4. The number of hydrogen-bond acceptors (Lipinski definition) is 3. The Bertz CT molecular complexity index is 1320. The summed E-state index contributed by atoms with van der Waals surface area (Å²) in [6, 6.07) is 16.9. The van der Waals surface area contributed by atoms with Crippen molar-refractivity contribution in [2.45, 2.75) is 26.2 Å². The minimum atomic E-state index is -0.979. The molecule has 5 nitrogen and oxygen atoms in total. The fraction of sp³-hybridized carbons (Fsp3) is 0.154. The van der Waals surface area contributed by atoms with E-state index in [2.05, 4.69) is 18.4 Å². The molecule has 0 radical (unpaired) electrons. The predicted molar refractivity (Wildman–Crippen MR) is 127 cm³/mol. The summed E-state index contributed by atoms with van der Waals surface area (Å²) in [6.07, 6.45) is 2.09. The Balaban J connectivity index is 2.14. The fourth-order valence-electron chi connectivity index (χ4n) is 4.12. The largest absolute Gasteiger partial charge is 0.478 e. The topological polar surface area (TPSA) is 92.1 Å². The lowest BCUT2D eigenvalue weighted by Crippen LogP contribution is -2.05. The van der Waals surface area contributed by atoms with Crippen LogP contribution >= 0.6 is 0 Å². The number of fused-ring (bicyclic) bond motifs is 1. The van der Waals surface area contributed by atoms with Crippen LogP contribution in [0.15, 0.2) is 60.7 Å². The molecule has 3 aromatic carbocycles. The smallest absolute Gasteiger partial charge is 0.335 e. The number of nitrogens with two attached hydrogens (primary N) is 1. The summed E-state index contributed by atoms with van der Waals surface area (Å²) in [4.78, 5) is 11.3. The number of nitrogens with zero attached hydrogens (tertiary/aromatic N) is 1. The van der Waals surface area contributed by atoms with Crippen LogP contribution in [0.2, 0.25) is 0 Å². The standard InChI is InChI=1S/C26H24FN3O2/c1-3-15(2)25-24(16-4-6-17(7-5-16)26(31)32)21-13-22(29)18(14-28)12-23(21)30(25)20-10-8-19(27)9-11-20/h4-15,28H,3,29H2,1-2H3,(H,31,32). The van der Waals surface area contributed by atoms with Gasteiger partial charge in [-0.05, 0) is 66.4 Å². The van der Waals surface area contributed by atoms with Gasteiger partial charge in [-0.15, -0.1) is 0 Å². The highest BCUT2D eigenvalue weighted by atomic mass is 19.1. The molecule has 4 rings (SSSR count). The maximum Gasteiger partial charge on any atom is 0.335 e. The molecule has 1 atom stereocenters. The molecule has 0 spiro atoms.